The molecule has 0 heterocycles. The topological polar surface area (TPSA) is 124 Å². The molecular formula is C39H42F2O10. The lowest BCUT2D eigenvalue weighted by atomic mass is 10.2. The third-order valence-corrected chi connectivity index (χ3v) is 7.20. The molecule has 272 valence electrons. The first-order valence-electron chi connectivity index (χ1n) is 16.6. The maximum Gasteiger partial charge on any atom is 0.343 e. The largest absolute Gasteiger partial charge is 0.494 e. The number of rotatable bonds is 22. The summed E-state index contributed by atoms with van der Waals surface area (Å²) < 4.78 is 61.0. The van der Waals surface area contributed by atoms with Crippen LogP contribution in [0, 0.1) is 11.6 Å². The SMILES string of the molecule is C=CC(=O)OCCCCCCOc1ccc(C(=O)Oc2ccc(OC(=O)c3ccc(OCCCCCCOC(=O)C(=C)C)cc3)c(F)c2F)cc1. The lowest BCUT2D eigenvalue weighted by Gasteiger charge is -2.11. The third kappa shape index (κ3) is 14.1. The standard InChI is InChI=1S/C39H42F2O10/c1-4-34(42)48-25-11-7-5-9-23-46-30-17-13-28(14-18-30)38(44)50-32-21-22-33(36(41)35(32)40)51-39(45)29-15-19-31(20-16-29)47-24-10-6-8-12-26-49-37(43)27(2)3/h4,13-22H,1-2,5-12,23-26H2,3H3. The summed E-state index contributed by atoms with van der Waals surface area (Å²) in [6, 6.07) is 13.9. The molecule has 0 aliphatic carbocycles. The highest BCUT2D eigenvalue weighted by Crippen LogP contribution is 2.29. The second kappa shape index (κ2) is 21.5. The summed E-state index contributed by atoms with van der Waals surface area (Å²) >= 11 is 0. The number of esters is 4. The average molecular weight is 709 g/mol. The van der Waals surface area contributed by atoms with E-state index in [1.807, 2.05) is 0 Å². The number of halogens is 2. The van der Waals surface area contributed by atoms with Gasteiger partial charge in [0.15, 0.2) is 11.5 Å². The first-order valence-corrected chi connectivity index (χ1v) is 16.6. The van der Waals surface area contributed by atoms with Gasteiger partial charge in [0.05, 0.1) is 37.6 Å². The van der Waals surface area contributed by atoms with Crippen molar-refractivity contribution in [2.75, 3.05) is 26.4 Å². The predicted octanol–water partition coefficient (Wildman–Crippen LogP) is 8.13. The first-order chi connectivity index (χ1) is 24.6. The Bertz CT molecular complexity index is 1630. The van der Waals surface area contributed by atoms with Crippen LogP contribution in [-0.2, 0) is 19.1 Å². The maximum absolute atomic E-state index is 14.8. The summed E-state index contributed by atoms with van der Waals surface area (Å²) in [5.41, 5.74) is 0.531. The summed E-state index contributed by atoms with van der Waals surface area (Å²) in [5.74, 6) is -6.00. The van der Waals surface area contributed by atoms with Crippen molar-refractivity contribution in [3.63, 3.8) is 0 Å². The third-order valence-electron chi connectivity index (χ3n) is 7.20. The maximum atomic E-state index is 14.8. The fourth-order valence-electron chi connectivity index (χ4n) is 4.38. The van der Waals surface area contributed by atoms with Crippen LogP contribution < -0.4 is 18.9 Å². The van der Waals surface area contributed by atoms with Gasteiger partial charge in [0.1, 0.15) is 11.5 Å². The zero-order valence-corrected chi connectivity index (χ0v) is 28.6. The minimum absolute atomic E-state index is 0.0815. The van der Waals surface area contributed by atoms with E-state index in [0.29, 0.717) is 43.5 Å². The summed E-state index contributed by atoms with van der Waals surface area (Å²) in [7, 11) is 0. The Hall–Kier alpha value is -5.52. The normalized spacial score (nSPS) is 10.5. The van der Waals surface area contributed by atoms with Gasteiger partial charge in [-0.2, -0.15) is 8.78 Å². The van der Waals surface area contributed by atoms with Crippen molar-refractivity contribution in [1.82, 2.24) is 0 Å². The lowest BCUT2D eigenvalue weighted by molar-refractivity contribution is -0.139. The van der Waals surface area contributed by atoms with Crippen LogP contribution in [0.2, 0.25) is 0 Å². The molecule has 0 aliphatic heterocycles. The molecule has 0 saturated heterocycles. The van der Waals surface area contributed by atoms with Gasteiger partial charge in [0.2, 0.25) is 11.6 Å². The van der Waals surface area contributed by atoms with E-state index in [9.17, 15) is 28.0 Å². The van der Waals surface area contributed by atoms with E-state index in [0.717, 1.165) is 69.6 Å². The van der Waals surface area contributed by atoms with Gasteiger partial charge in [0, 0.05) is 11.6 Å². The number of benzene rings is 3. The summed E-state index contributed by atoms with van der Waals surface area (Å²) in [5, 5.41) is 0. The molecule has 0 radical (unpaired) electrons. The van der Waals surface area contributed by atoms with Crippen LogP contribution >= 0.6 is 0 Å². The van der Waals surface area contributed by atoms with Crippen LogP contribution in [0.5, 0.6) is 23.0 Å². The van der Waals surface area contributed by atoms with Crippen molar-refractivity contribution in [3.05, 3.63) is 108 Å². The molecule has 0 saturated carbocycles. The van der Waals surface area contributed by atoms with Crippen molar-refractivity contribution in [2.24, 2.45) is 0 Å². The Morgan fingerprint density at radius 3 is 1.37 bits per heavy atom. The highest BCUT2D eigenvalue weighted by molar-refractivity contribution is 5.92. The number of unbranched alkanes of at least 4 members (excludes halogenated alkanes) is 6. The minimum Gasteiger partial charge on any atom is -0.494 e. The monoisotopic (exact) mass is 708 g/mol. The number of hydrogen-bond acceptors (Lipinski definition) is 10. The van der Waals surface area contributed by atoms with Crippen LogP contribution in [0.3, 0.4) is 0 Å². The molecule has 3 aromatic carbocycles. The number of carbonyl (C=O) groups is 4. The van der Waals surface area contributed by atoms with Gasteiger partial charge >= 0.3 is 23.9 Å². The molecule has 0 atom stereocenters. The molecule has 12 heteroatoms. The van der Waals surface area contributed by atoms with E-state index < -0.39 is 47.0 Å². The second-order valence-corrected chi connectivity index (χ2v) is 11.3. The molecule has 0 aliphatic rings. The Morgan fingerprint density at radius 2 is 0.980 bits per heavy atom. The zero-order valence-electron chi connectivity index (χ0n) is 28.6. The Kier molecular flexibility index (Phi) is 16.9. The van der Waals surface area contributed by atoms with Crippen molar-refractivity contribution in [3.8, 4) is 23.0 Å². The Labute approximate surface area is 295 Å². The fourth-order valence-corrected chi connectivity index (χ4v) is 4.38. The summed E-state index contributed by atoms with van der Waals surface area (Å²) in [4.78, 5) is 47.5. The summed E-state index contributed by atoms with van der Waals surface area (Å²) in [6.45, 7) is 10.0. The molecule has 0 fully saturated rings. The average Bonchev–Trinajstić information content (AvgIpc) is 3.13. The number of ether oxygens (including phenoxy) is 6. The number of hydrogen-bond donors (Lipinski definition) is 0. The van der Waals surface area contributed by atoms with E-state index in [4.69, 9.17) is 28.4 Å². The minimum atomic E-state index is -1.50. The van der Waals surface area contributed by atoms with Gasteiger partial charge in [-0.3, -0.25) is 0 Å². The van der Waals surface area contributed by atoms with Gasteiger partial charge < -0.3 is 28.4 Å². The molecule has 0 N–H and O–H groups in total. The Morgan fingerprint density at radius 1 is 0.588 bits per heavy atom. The molecule has 0 bridgehead atoms. The van der Waals surface area contributed by atoms with Gasteiger partial charge in [-0.1, -0.05) is 13.2 Å². The van der Waals surface area contributed by atoms with Gasteiger partial charge in [-0.05, 0) is 119 Å². The van der Waals surface area contributed by atoms with Gasteiger partial charge in [-0.25, -0.2) is 19.2 Å². The second-order valence-electron chi connectivity index (χ2n) is 11.3. The molecule has 3 rings (SSSR count). The molecule has 0 aromatic heterocycles. The van der Waals surface area contributed by atoms with Crippen LogP contribution in [0.15, 0.2) is 85.5 Å². The van der Waals surface area contributed by atoms with E-state index in [1.165, 1.54) is 24.3 Å². The number of carbonyl (C=O) groups excluding carboxylic acids is 4. The van der Waals surface area contributed by atoms with E-state index in [-0.39, 0.29) is 11.1 Å². The van der Waals surface area contributed by atoms with Gasteiger partial charge in [0.25, 0.3) is 0 Å². The molecule has 3 aromatic rings. The van der Waals surface area contributed by atoms with Crippen molar-refractivity contribution >= 4 is 23.9 Å². The van der Waals surface area contributed by atoms with Crippen molar-refractivity contribution in [2.45, 2.75) is 58.3 Å². The van der Waals surface area contributed by atoms with Crippen molar-refractivity contribution in [1.29, 1.82) is 0 Å². The molecule has 0 unspecified atom stereocenters. The van der Waals surface area contributed by atoms with E-state index in [2.05, 4.69) is 13.2 Å². The quantitative estimate of drug-likeness (QED) is 0.0437. The summed E-state index contributed by atoms with van der Waals surface area (Å²) in [6.07, 6.45) is 7.64. The molecule has 51 heavy (non-hydrogen) atoms. The molecule has 10 nitrogen and oxygen atoms in total. The first kappa shape index (κ1) is 39.9. The van der Waals surface area contributed by atoms with Gasteiger partial charge in [-0.15, -0.1) is 0 Å². The van der Waals surface area contributed by atoms with Crippen LogP contribution in [-0.4, -0.2) is 50.3 Å². The smallest absolute Gasteiger partial charge is 0.343 e. The van der Waals surface area contributed by atoms with E-state index in [1.54, 1.807) is 31.2 Å². The van der Waals surface area contributed by atoms with E-state index >= 15 is 0 Å². The lowest BCUT2D eigenvalue weighted by Crippen LogP contribution is -2.12. The molecular weight excluding hydrogens is 666 g/mol. The highest BCUT2D eigenvalue weighted by atomic mass is 19.2. The van der Waals surface area contributed by atoms with Crippen LogP contribution in [0.1, 0.15) is 79.0 Å². The Balaban J connectivity index is 1.39. The predicted molar refractivity (Wildman–Crippen MR) is 184 cm³/mol. The van der Waals surface area contributed by atoms with Crippen molar-refractivity contribution < 1.29 is 56.4 Å². The molecule has 0 spiro atoms. The molecule has 0 amide bonds. The fraction of sp³-hybridized carbons (Fsp3) is 0.333. The van der Waals surface area contributed by atoms with Crippen LogP contribution in [0.25, 0.3) is 0 Å². The van der Waals surface area contributed by atoms with Crippen LogP contribution in [0.4, 0.5) is 8.78 Å². The zero-order chi connectivity index (χ0) is 37.0. The highest BCUT2D eigenvalue weighted by Gasteiger charge is 2.21.